The second kappa shape index (κ2) is 5.17. The first-order valence-corrected chi connectivity index (χ1v) is 6.92. The smallest absolute Gasteiger partial charge is 0.0465 e. The van der Waals surface area contributed by atoms with Gasteiger partial charge >= 0.3 is 0 Å². The molecule has 1 unspecified atom stereocenters. The number of rotatable bonds is 3. The van der Waals surface area contributed by atoms with Crippen LogP contribution in [0.4, 0.5) is 0 Å². The third-order valence-corrected chi connectivity index (χ3v) is 4.55. The molecule has 1 aliphatic carbocycles. The van der Waals surface area contributed by atoms with Gasteiger partial charge in [0.15, 0.2) is 0 Å². The van der Waals surface area contributed by atoms with Gasteiger partial charge in [0.2, 0.25) is 0 Å². The molecule has 1 fully saturated rings. The van der Waals surface area contributed by atoms with E-state index in [2.05, 4.69) is 19.2 Å². The zero-order chi connectivity index (χ0) is 12.5. The van der Waals surface area contributed by atoms with Gasteiger partial charge in [0, 0.05) is 28.2 Å². The Labute approximate surface area is 114 Å². The van der Waals surface area contributed by atoms with Gasteiger partial charge in [0.05, 0.1) is 0 Å². The van der Waals surface area contributed by atoms with Crippen molar-refractivity contribution in [3.8, 4) is 0 Å². The summed E-state index contributed by atoms with van der Waals surface area (Å²) in [5.41, 5.74) is 1.40. The van der Waals surface area contributed by atoms with E-state index in [1.54, 1.807) is 0 Å². The fraction of sp³-hybridized carbons (Fsp3) is 0.571. The monoisotopic (exact) mass is 271 g/mol. The molecule has 1 atom stereocenters. The maximum absolute atomic E-state index is 6.16. The maximum Gasteiger partial charge on any atom is 0.0465 e. The largest absolute Gasteiger partial charge is 0.309 e. The molecule has 1 aromatic rings. The summed E-state index contributed by atoms with van der Waals surface area (Å²) in [5, 5.41) is 5.10. The van der Waals surface area contributed by atoms with Crippen molar-refractivity contribution in [2.75, 3.05) is 0 Å². The summed E-state index contributed by atoms with van der Waals surface area (Å²) in [4.78, 5) is 0. The zero-order valence-electron chi connectivity index (χ0n) is 10.4. The van der Waals surface area contributed by atoms with E-state index in [9.17, 15) is 0 Å². The first-order chi connectivity index (χ1) is 8.00. The second-order valence-corrected chi connectivity index (χ2v) is 6.33. The van der Waals surface area contributed by atoms with Crippen molar-refractivity contribution < 1.29 is 0 Å². The molecule has 0 spiro atoms. The minimum absolute atomic E-state index is 0.383. The summed E-state index contributed by atoms with van der Waals surface area (Å²) >= 11 is 12.3. The fourth-order valence-corrected chi connectivity index (χ4v) is 3.16. The molecule has 1 N–H and O–H groups in total. The Morgan fingerprint density at radius 2 is 1.94 bits per heavy atom. The maximum atomic E-state index is 6.16. The van der Waals surface area contributed by atoms with Crippen LogP contribution in [0.15, 0.2) is 18.2 Å². The molecule has 0 aliphatic heterocycles. The van der Waals surface area contributed by atoms with E-state index >= 15 is 0 Å². The van der Waals surface area contributed by atoms with E-state index in [0.717, 1.165) is 22.2 Å². The molecule has 1 nitrogen and oxygen atoms in total. The molecule has 17 heavy (non-hydrogen) atoms. The highest BCUT2D eigenvalue weighted by atomic mass is 35.5. The van der Waals surface area contributed by atoms with Crippen LogP contribution in [-0.4, -0.2) is 6.04 Å². The molecule has 3 heteroatoms. The van der Waals surface area contributed by atoms with E-state index in [-0.39, 0.29) is 0 Å². The molecular formula is C14H19Cl2N. The lowest BCUT2D eigenvalue weighted by Crippen LogP contribution is -2.37. The average Bonchev–Trinajstić information content (AvgIpc) is 2.57. The van der Waals surface area contributed by atoms with Gasteiger partial charge in [-0.1, -0.05) is 49.5 Å². The molecule has 0 aromatic heterocycles. The van der Waals surface area contributed by atoms with Crippen LogP contribution >= 0.6 is 23.2 Å². The molecule has 0 amide bonds. The van der Waals surface area contributed by atoms with Crippen LogP contribution in [-0.2, 0) is 6.54 Å². The normalized spacial score (nSPS) is 22.9. The first kappa shape index (κ1) is 13.2. The Morgan fingerprint density at radius 3 is 2.47 bits per heavy atom. The Balaban J connectivity index is 2.03. The van der Waals surface area contributed by atoms with Gasteiger partial charge < -0.3 is 5.32 Å². The molecule has 0 radical (unpaired) electrons. The minimum Gasteiger partial charge on any atom is -0.309 e. The SMILES string of the molecule is CC1(C)CCCC1NCc1c(Cl)cccc1Cl. The van der Waals surface area contributed by atoms with Crippen molar-refractivity contribution in [3.63, 3.8) is 0 Å². The van der Waals surface area contributed by atoms with Crippen LogP contribution in [0, 0.1) is 5.41 Å². The van der Waals surface area contributed by atoms with Crippen LogP contribution < -0.4 is 5.32 Å². The van der Waals surface area contributed by atoms with Crippen molar-refractivity contribution in [1.82, 2.24) is 5.32 Å². The fourth-order valence-electron chi connectivity index (χ4n) is 2.63. The van der Waals surface area contributed by atoms with Gasteiger partial charge in [0.1, 0.15) is 0 Å². The highest BCUT2D eigenvalue weighted by Crippen LogP contribution is 2.37. The Bertz CT molecular complexity index is 381. The lowest BCUT2D eigenvalue weighted by atomic mass is 9.87. The summed E-state index contributed by atoms with van der Waals surface area (Å²) in [6.45, 7) is 5.41. The Hall–Kier alpha value is -0.240. The molecular weight excluding hydrogens is 253 g/mol. The van der Waals surface area contributed by atoms with E-state index < -0.39 is 0 Å². The summed E-state index contributed by atoms with van der Waals surface area (Å²) in [6, 6.07) is 6.23. The van der Waals surface area contributed by atoms with Gasteiger partial charge in [-0.05, 0) is 30.4 Å². The standard InChI is InChI=1S/C14H19Cl2N/c1-14(2)8-4-7-13(14)17-9-10-11(15)5-3-6-12(10)16/h3,5-6,13,17H,4,7-9H2,1-2H3. The second-order valence-electron chi connectivity index (χ2n) is 5.51. The van der Waals surface area contributed by atoms with Gasteiger partial charge in [-0.2, -0.15) is 0 Å². The highest BCUT2D eigenvalue weighted by Gasteiger charge is 2.33. The number of hydrogen-bond donors (Lipinski definition) is 1. The third kappa shape index (κ3) is 2.96. The van der Waals surface area contributed by atoms with Crippen molar-refractivity contribution in [3.05, 3.63) is 33.8 Å². The van der Waals surface area contributed by atoms with Gasteiger partial charge in [0.25, 0.3) is 0 Å². The average molecular weight is 272 g/mol. The quantitative estimate of drug-likeness (QED) is 0.843. The highest BCUT2D eigenvalue weighted by molar-refractivity contribution is 6.35. The van der Waals surface area contributed by atoms with Crippen LogP contribution in [0.2, 0.25) is 10.0 Å². The van der Waals surface area contributed by atoms with E-state index in [0.29, 0.717) is 11.5 Å². The number of hydrogen-bond acceptors (Lipinski definition) is 1. The molecule has 1 saturated carbocycles. The summed E-state index contributed by atoms with van der Waals surface area (Å²) in [7, 11) is 0. The zero-order valence-corrected chi connectivity index (χ0v) is 11.9. The Morgan fingerprint density at radius 1 is 1.29 bits per heavy atom. The molecule has 1 aromatic carbocycles. The predicted octanol–water partition coefficient (Wildman–Crippen LogP) is 4.66. The topological polar surface area (TPSA) is 12.0 Å². The van der Waals surface area contributed by atoms with E-state index in [1.165, 1.54) is 19.3 Å². The van der Waals surface area contributed by atoms with Crippen molar-refractivity contribution in [2.24, 2.45) is 5.41 Å². The summed E-state index contributed by atoms with van der Waals surface area (Å²) in [5.74, 6) is 0. The van der Waals surface area contributed by atoms with Gasteiger partial charge in [-0.3, -0.25) is 0 Å². The van der Waals surface area contributed by atoms with Crippen molar-refractivity contribution in [1.29, 1.82) is 0 Å². The lowest BCUT2D eigenvalue weighted by Gasteiger charge is -2.28. The number of nitrogens with one attached hydrogen (secondary N) is 1. The molecule has 2 rings (SSSR count). The molecule has 94 valence electrons. The summed E-state index contributed by atoms with van der Waals surface area (Å²) in [6.07, 6.45) is 3.84. The third-order valence-electron chi connectivity index (χ3n) is 3.84. The molecule has 0 heterocycles. The Kier molecular flexibility index (Phi) is 4.02. The summed E-state index contributed by atoms with van der Waals surface area (Å²) < 4.78 is 0. The molecule has 0 saturated heterocycles. The molecule has 0 bridgehead atoms. The number of benzene rings is 1. The first-order valence-electron chi connectivity index (χ1n) is 6.17. The van der Waals surface area contributed by atoms with Crippen LogP contribution in [0.1, 0.15) is 38.7 Å². The van der Waals surface area contributed by atoms with Crippen LogP contribution in [0.3, 0.4) is 0 Å². The van der Waals surface area contributed by atoms with E-state index in [1.807, 2.05) is 18.2 Å². The van der Waals surface area contributed by atoms with Gasteiger partial charge in [-0.15, -0.1) is 0 Å². The lowest BCUT2D eigenvalue weighted by molar-refractivity contribution is 0.282. The van der Waals surface area contributed by atoms with Crippen LogP contribution in [0.25, 0.3) is 0 Å². The van der Waals surface area contributed by atoms with Crippen molar-refractivity contribution in [2.45, 2.75) is 45.7 Å². The van der Waals surface area contributed by atoms with Crippen LogP contribution in [0.5, 0.6) is 0 Å². The van der Waals surface area contributed by atoms with Gasteiger partial charge in [-0.25, -0.2) is 0 Å². The number of halogens is 2. The van der Waals surface area contributed by atoms with Crippen molar-refractivity contribution >= 4 is 23.2 Å². The predicted molar refractivity (Wildman–Crippen MR) is 74.7 cm³/mol. The van der Waals surface area contributed by atoms with E-state index in [4.69, 9.17) is 23.2 Å². The minimum atomic E-state index is 0.383. The molecule has 1 aliphatic rings.